The maximum absolute atomic E-state index is 13.8. The monoisotopic (exact) mass is 297 g/mol. The number of halogens is 2. The number of fused-ring (bicyclic) bond motifs is 1. The van der Waals surface area contributed by atoms with Gasteiger partial charge in [0.05, 0.1) is 24.9 Å². The minimum Gasteiger partial charge on any atom is -0.374 e. The molecule has 0 saturated carbocycles. The van der Waals surface area contributed by atoms with Crippen LogP contribution in [0.3, 0.4) is 0 Å². The molecule has 3 rings (SSSR count). The molecule has 1 amide bonds. The molecule has 2 fully saturated rings. The number of pyridine rings is 1. The Balaban J connectivity index is 1.85. The predicted octanol–water partition coefficient (Wildman–Crippen LogP) is 0.905. The highest BCUT2D eigenvalue weighted by Crippen LogP contribution is 2.24. The molecule has 5 nitrogen and oxygen atoms in total. The van der Waals surface area contributed by atoms with Crippen LogP contribution in [0.2, 0.25) is 0 Å². The van der Waals surface area contributed by atoms with Crippen molar-refractivity contribution in [3.05, 3.63) is 29.6 Å². The molecule has 2 saturated heterocycles. The molecule has 1 aromatic rings. The molecule has 0 unspecified atom stereocenters. The standard InChI is InChI=1S/C14H17F2N3O2/c1-18-3-2-12-11(8-18)19(4-5-21-12)14(20)13-10(16)6-9(15)7-17-13/h6-7,11-12H,2-5,8H2,1H3/t11-,12-/m0/s1. The highest BCUT2D eigenvalue weighted by atomic mass is 19.1. The molecule has 0 radical (unpaired) electrons. The summed E-state index contributed by atoms with van der Waals surface area (Å²) < 4.78 is 32.4. The van der Waals surface area contributed by atoms with Crippen LogP contribution in [0.1, 0.15) is 16.9 Å². The minimum atomic E-state index is -0.924. The molecule has 0 spiro atoms. The van der Waals surface area contributed by atoms with Gasteiger partial charge in [0, 0.05) is 25.7 Å². The highest BCUT2D eigenvalue weighted by Gasteiger charge is 2.39. The van der Waals surface area contributed by atoms with Crippen molar-refractivity contribution < 1.29 is 18.3 Å². The van der Waals surface area contributed by atoms with Gasteiger partial charge in [-0.3, -0.25) is 4.79 Å². The number of piperidine rings is 1. The number of hydrogen-bond donors (Lipinski definition) is 0. The fraction of sp³-hybridized carbons (Fsp3) is 0.571. The number of likely N-dealkylation sites (N-methyl/N-ethyl adjacent to an activating group) is 1. The molecule has 2 aliphatic rings. The van der Waals surface area contributed by atoms with Crippen LogP contribution in [-0.4, -0.2) is 66.1 Å². The first-order chi connectivity index (χ1) is 10.1. The largest absolute Gasteiger partial charge is 0.374 e. The van der Waals surface area contributed by atoms with Crippen LogP contribution in [-0.2, 0) is 4.74 Å². The molecule has 0 aromatic carbocycles. The van der Waals surface area contributed by atoms with Crippen LogP contribution in [0.25, 0.3) is 0 Å². The van der Waals surface area contributed by atoms with Crippen molar-refractivity contribution in [3.8, 4) is 0 Å². The number of nitrogens with zero attached hydrogens (tertiary/aromatic N) is 3. The lowest BCUT2D eigenvalue weighted by Gasteiger charge is -2.46. The predicted molar refractivity (Wildman–Crippen MR) is 70.8 cm³/mol. The number of amides is 1. The summed E-state index contributed by atoms with van der Waals surface area (Å²) in [4.78, 5) is 19.9. The van der Waals surface area contributed by atoms with Gasteiger partial charge in [0.15, 0.2) is 11.5 Å². The third-order valence-corrected chi connectivity index (χ3v) is 4.06. The topological polar surface area (TPSA) is 45.7 Å². The van der Waals surface area contributed by atoms with Crippen LogP contribution in [0.5, 0.6) is 0 Å². The van der Waals surface area contributed by atoms with E-state index in [1.165, 1.54) is 0 Å². The first-order valence-electron chi connectivity index (χ1n) is 6.98. The summed E-state index contributed by atoms with van der Waals surface area (Å²) in [6, 6.07) is 0.571. The lowest BCUT2D eigenvalue weighted by molar-refractivity contribution is -0.0872. The Labute approximate surface area is 121 Å². The number of morpholine rings is 1. The molecule has 0 aliphatic carbocycles. The summed E-state index contributed by atoms with van der Waals surface area (Å²) >= 11 is 0. The fourth-order valence-electron chi connectivity index (χ4n) is 2.99. The van der Waals surface area contributed by atoms with Crippen LogP contribution in [0.4, 0.5) is 8.78 Å². The zero-order valence-electron chi connectivity index (χ0n) is 11.8. The Morgan fingerprint density at radius 3 is 3.00 bits per heavy atom. The minimum absolute atomic E-state index is 0.0255. The van der Waals surface area contributed by atoms with Crippen molar-refractivity contribution in [2.24, 2.45) is 0 Å². The number of carbonyl (C=O) groups excluding carboxylic acids is 1. The van der Waals surface area contributed by atoms with E-state index in [1.807, 2.05) is 7.05 Å². The van der Waals surface area contributed by atoms with Crippen molar-refractivity contribution in [2.75, 3.05) is 33.3 Å². The number of ether oxygens (including phenoxy) is 1. The van der Waals surface area contributed by atoms with E-state index >= 15 is 0 Å². The van der Waals surface area contributed by atoms with E-state index in [0.29, 0.717) is 25.8 Å². The molecule has 0 bridgehead atoms. The SMILES string of the molecule is CN1CC[C@@H]2OCCN(C(=O)c3ncc(F)cc3F)[C@H]2C1. The summed E-state index contributed by atoms with van der Waals surface area (Å²) in [5, 5.41) is 0. The second kappa shape index (κ2) is 5.65. The van der Waals surface area contributed by atoms with E-state index in [-0.39, 0.29) is 17.8 Å². The normalized spacial score (nSPS) is 26.5. The second-order valence-electron chi connectivity index (χ2n) is 5.51. The van der Waals surface area contributed by atoms with Crippen LogP contribution >= 0.6 is 0 Å². The van der Waals surface area contributed by atoms with Gasteiger partial charge in [0.2, 0.25) is 0 Å². The van der Waals surface area contributed by atoms with Crippen molar-refractivity contribution in [1.82, 2.24) is 14.8 Å². The summed E-state index contributed by atoms with van der Waals surface area (Å²) in [5.74, 6) is -2.21. The zero-order chi connectivity index (χ0) is 15.0. The van der Waals surface area contributed by atoms with Crippen molar-refractivity contribution in [1.29, 1.82) is 0 Å². The number of likely N-dealkylation sites (tertiary alicyclic amines) is 1. The lowest BCUT2D eigenvalue weighted by Crippen LogP contribution is -2.60. The van der Waals surface area contributed by atoms with E-state index in [1.54, 1.807) is 4.90 Å². The van der Waals surface area contributed by atoms with E-state index in [4.69, 9.17) is 4.74 Å². The molecule has 21 heavy (non-hydrogen) atoms. The van der Waals surface area contributed by atoms with Crippen LogP contribution < -0.4 is 0 Å². The van der Waals surface area contributed by atoms with E-state index in [2.05, 4.69) is 9.88 Å². The Hall–Kier alpha value is -1.60. The maximum atomic E-state index is 13.8. The molecular formula is C14H17F2N3O2. The molecule has 7 heteroatoms. The van der Waals surface area contributed by atoms with Gasteiger partial charge in [-0.2, -0.15) is 0 Å². The van der Waals surface area contributed by atoms with Gasteiger partial charge in [-0.1, -0.05) is 0 Å². The van der Waals surface area contributed by atoms with E-state index < -0.39 is 17.5 Å². The number of aromatic nitrogens is 1. The Morgan fingerprint density at radius 2 is 2.24 bits per heavy atom. The average molecular weight is 297 g/mol. The first kappa shape index (κ1) is 14.3. The van der Waals surface area contributed by atoms with Gasteiger partial charge in [-0.25, -0.2) is 13.8 Å². The molecule has 2 aliphatic heterocycles. The molecule has 0 N–H and O–H groups in total. The molecule has 114 valence electrons. The van der Waals surface area contributed by atoms with Gasteiger partial charge in [0.1, 0.15) is 5.82 Å². The molecule has 2 atom stereocenters. The molecule has 3 heterocycles. The molecular weight excluding hydrogens is 280 g/mol. The third-order valence-electron chi connectivity index (χ3n) is 4.06. The first-order valence-corrected chi connectivity index (χ1v) is 6.98. The van der Waals surface area contributed by atoms with E-state index in [9.17, 15) is 13.6 Å². The van der Waals surface area contributed by atoms with Gasteiger partial charge in [-0.05, 0) is 13.5 Å². The quantitative estimate of drug-likeness (QED) is 0.773. The maximum Gasteiger partial charge on any atom is 0.275 e. The number of rotatable bonds is 1. The van der Waals surface area contributed by atoms with Crippen LogP contribution in [0, 0.1) is 11.6 Å². The second-order valence-corrected chi connectivity index (χ2v) is 5.51. The van der Waals surface area contributed by atoms with Gasteiger partial charge in [-0.15, -0.1) is 0 Å². The zero-order valence-corrected chi connectivity index (χ0v) is 11.8. The molecule has 1 aromatic heterocycles. The third kappa shape index (κ3) is 2.75. The smallest absolute Gasteiger partial charge is 0.275 e. The van der Waals surface area contributed by atoms with Gasteiger partial charge < -0.3 is 14.5 Å². The van der Waals surface area contributed by atoms with Crippen molar-refractivity contribution in [2.45, 2.75) is 18.6 Å². The van der Waals surface area contributed by atoms with Crippen molar-refractivity contribution >= 4 is 5.91 Å². The van der Waals surface area contributed by atoms with E-state index in [0.717, 1.165) is 19.2 Å². The average Bonchev–Trinajstić information content (AvgIpc) is 2.46. The van der Waals surface area contributed by atoms with Crippen molar-refractivity contribution in [3.63, 3.8) is 0 Å². The van der Waals surface area contributed by atoms with Gasteiger partial charge >= 0.3 is 0 Å². The highest BCUT2D eigenvalue weighted by molar-refractivity contribution is 5.92. The Kier molecular flexibility index (Phi) is 3.86. The summed E-state index contributed by atoms with van der Waals surface area (Å²) in [6.07, 6.45) is 1.67. The summed E-state index contributed by atoms with van der Waals surface area (Å²) in [6.45, 7) is 2.41. The van der Waals surface area contributed by atoms with Gasteiger partial charge in [0.25, 0.3) is 5.91 Å². The fourth-order valence-corrected chi connectivity index (χ4v) is 2.99. The Bertz CT molecular complexity index is 555. The summed E-state index contributed by atoms with van der Waals surface area (Å²) in [5.41, 5.74) is -0.328. The van der Waals surface area contributed by atoms with Crippen LogP contribution in [0.15, 0.2) is 12.3 Å². The number of hydrogen-bond acceptors (Lipinski definition) is 4. The Morgan fingerprint density at radius 1 is 1.43 bits per heavy atom. The summed E-state index contributed by atoms with van der Waals surface area (Å²) in [7, 11) is 1.98. The number of carbonyl (C=O) groups is 1. The lowest BCUT2D eigenvalue weighted by atomic mass is 9.98.